The molecule has 0 fully saturated rings. The molecule has 1 heterocycles. The van der Waals surface area contributed by atoms with E-state index in [0.29, 0.717) is 11.0 Å². The van der Waals surface area contributed by atoms with Gasteiger partial charge in [-0.15, -0.1) is 0 Å². The van der Waals surface area contributed by atoms with Gasteiger partial charge in [0, 0.05) is 5.39 Å². The highest BCUT2D eigenvalue weighted by molar-refractivity contribution is 5.86. The van der Waals surface area contributed by atoms with Crippen LogP contribution >= 0.6 is 0 Å². The molecule has 2 aromatic carbocycles. The van der Waals surface area contributed by atoms with Crippen LogP contribution in [0, 0.1) is 0 Å². The van der Waals surface area contributed by atoms with Gasteiger partial charge in [0.25, 0.3) is 0 Å². The fourth-order valence-corrected chi connectivity index (χ4v) is 2.33. The van der Waals surface area contributed by atoms with Crippen molar-refractivity contribution < 1.29 is 22.7 Å². The minimum atomic E-state index is -3.80. The number of fused-ring (bicyclic) bond motifs is 1. The monoisotopic (exact) mass is 316 g/mol. The van der Waals surface area contributed by atoms with Gasteiger partial charge in [-0.1, -0.05) is 36.4 Å². The Bertz CT molecular complexity index is 838. The van der Waals surface area contributed by atoms with Crippen molar-refractivity contribution in [3.8, 4) is 11.1 Å². The van der Waals surface area contributed by atoms with E-state index in [0.717, 1.165) is 11.1 Å². The molecule has 0 unspecified atom stereocenters. The quantitative estimate of drug-likeness (QED) is 0.652. The minimum Gasteiger partial charge on any atom is -0.461 e. The molecule has 3 aromatic rings. The van der Waals surface area contributed by atoms with E-state index in [4.69, 9.17) is 4.42 Å². The average molecular weight is 316 g/mol. The van der Waals surface area contributed by atoms with Crippen LogP contribution in [0.1, 0.15) is 12.7 Å². The Morgan fingerprint density at radius 2 is 1.83 bits per heavy atom. The predicted molar refractivity (Wildman–Crippen MR) is 82.2 cm³/mol. The number of benzene rings is 2. The first-order chi connectivity index (χ1) is 11.0. The van der Waals surface area contributed by atoms with Crippen molar-refractivity contribution in [2.24, 2.45) is 0 Å². The van der Waals surface area contributed by atoms with Gasteiger partial charge in [0.1, 0.15) is 5.58 Å². The zero-order chi connectivity index (χ0) is 16.4. The summed E-state index contributed by atoms with van der Waals surface area (Å²) in [7, 11) is 0. The maximum atomic E-state index is 14.0. The molecule has 0 bridgehead atoms. The zero-order valence-corrected chi connectivity index (χ0v) is 12.4. The third-order valence-electron chi connectivity index (χ3n) is 3.46. The molecule has 3 rings (SSSR count). The lowest BCUT2D eigenvalue weighted by molar-refractivity contribution is -0.175. The first-order valence-corrected chi connectivity index (χ1v) is 7.17. The third-order valence-corrected chi connectivity index (χ3v) is 3.46. The van der Waals surface area contributed by atoms with Crippen LogP contribution in [0.3, 0.4) is 0 Å². The van der Waals surface area contributed by atoms with Crippen molar-refractivity contribution in [2.75, 3.05) is 6.61 Å². The Morgan fingerprint density at radius 1 is 1.09 bits per heavy atom. The van der Waals surface area contributed by atoms with Gasteiger partial charge in [0.05, 0.1) is 6.61 Å². The zero-order valence-electron chi connectivity index (χ0n) is 12.4. The molecule has 0 aliphatic rings. The van der Waals surface area contributed by atoms with Crippen LogP contribution in [0.15, 0.2) is 59.0 Å². The van der Waals surface area contributed by atoms with E-state index in [2.05, 4.69) is 4.74 Å². The summed E-state index contributed by atoms with van der Waals surface area (Å²) in [6.07, 6.45) is 0. The van der Waals surface area contributed by atoms with Gasteiger partial charge in [-0.3, -0.25) is 0 Å². The van der Waals surface area contributed by atoms with Gasteiger partial charge in [-0.25, -0.2) is 4.79 Å². The number of halogens is 2. The highest BCUT2D eigenvalue weighted by Crippen LogP contribution is 2.35. The Morgan fingerprint density at radius 3 is 2.52 bits per heavy atom. The van der Waals surface area contributed by atoms with E-state index in [1.165, 1.54) is 13.0 Å². The molecule has 3 nitrogen and oxygen atoms in total. The van der Waals surface area contributed by atoms with Crippen LogP contribution in [0.4, 0.5) is 8.78 Å². The Kier molecular flexibility index (Phi) is 3.86. The van der Waals surface area contributed by atoms with Gasteiger partial charge in [-0.05, 0) is 36.2 Å². The highest BCUT2D eigenvalue weighted by Gasteiger charge is 2.46. The SMILES string of the molecule is CCOC(=O)C(F)(F)c1cc2cc(-c3ccccc3)ccc2o1. The molecule has 0 atom stereocenters. The lowest BCUT2D eigenvalue weighted by Gasteiger charge is -2.11. The molecule has 0 N–H and O–H groups in total. The molecular weight excluding hydrogens is 302 g/mol. The summed E-state index contributed by atoms with van der Waals surface area (Å²) in [5.41, 5.74) is 2.14. The van der Waals surface area contributed by atoms with Gasteiger partial charge >= 0.3 is 11.9 Å². The second-order valence-corrected chi connectivity index (χ2v) is 5.02. The summed E-state index contributed by atoms with van der Waals surface area (Å²) in [6.45, 7) is 1.35. The van der Waals surface area contributed by atoms with Gasteiger partial charge in [0.15, 0.2) is 5.76 Å². The number of alkyl halides is 2. The number of ether oxygens (including phenoxy) is 1. The topological polar surface area (TPSA) is 39.4 Å². The van der Waals surface area contributed by atoms with Crippen molar-refractivity contribution >= 4 is 16.9 Å². The molecule has 0 radical (unpaired) electrons. The number of rotatable bonds is 4. The molecule has 0 aliphatic heterocycles. The Balaban J connectivity index is 2.01. The van der Waals surface area contributed by atoms with Crippen molar-refractivity contribution in [1.29, 1.82) is 0 Å². The summed E-state index contributed by atoms with van der Waals surface area (Å²) in [4.78, 5) is 11.4. The van der Waals surface area contributed by atoms with Crippen molar-refractivity contribution in [3.05, 3.63) is 60.4 Å². The van der Waals surface area contributed by atoms with Crippen molar-refractivity contribution in [3.63, 3.8) is 0 Å². The molecule has 5 heteroatoms. The second-order valence-electron chi connectivity index (χ2n) is 5.02. The number of furan rings is 1. The van der Waals surface area contributed by atoms with E-state index >= 15 is 0 Å². The van der Waals surface area contributed by atoms with Gasteiger partial charge in [0.2, 0.25) is 0 Å². The molecule has 118 valence electrons. The smallest absolute Gasteiger partial charge is 0.399 e. The van der Waals surface area contributed by atoms with Crippen LogP contribution in [0.2, 0.25) is 0 Å². The lowest BCUT2D eigenvalue weighted by Crippen LogP contribution is -2.27. The average Bonchev–Trinajstić information content (AvgIpc) is 2.99. The predicted octanol–water partition coefficient (Wildman–Crippen LogP) is 4.75. The highest BCUT2D eigenvalue weighted by atomic mass is 19.3. The fourth-order valence-electron chi connectivity index (χ4n) is 2.33. The number of carbonyl (C=O) groups is 1. The maximum Gasteiger partial charge on any atom is 0.399 e. The third kappa shape index (κ3) is 2.82. The molecule has 0 saturated carbocycles. The van der Waals surface area contributed by atoms with E-state index in [9.17, 15) is 13.6 Å². The second kappa shape index (κ2) is 5.83. The van der Waals surface area contributed by atoms with Crippen LogP contribution in [0.25, 0.3) is 22.1 Å². The fraction of sp³-hybridized carbons (Fsp3) is 0.167. The lowest BCUT2D eigenvalue weighted by atomic mass is 10.0. The normalized spacial score (nSPS) is 11.6. The van der Waals surface area contributed by atoms with Gasteiger partial charge in [-0.2, -0.15) is 8.78 Å². The molecule has 0 aliphatic carbocycles. The minimum absolute atomic E-state index is 0.118. The summed E-state index contributed by atoms with van der Waals surface area (Å²) in [5.74, 6) is -6.12. The van der Waals surface area contributed by atoms with Crippen molar-refractivity contribution in [2.45, 2.75) is 12.8 Å². The number of esters is 1. The molecule has 0 spiro atoms. The van der Waals surface area contributed by atoms with E-state index in [1.54, 1.807) is 18.2 Å². The molecule has 0 amide bonds. The van der Waals surface area contributed by atoms with Crippen molar-refractivity contribution in [1.82, 2.24) is 0 Å². The number of hydrogen-bond acceptors (Lipinski definition) is 3. The van der Waals surface area contributed by atoms with Crippen LogP contribution in [-0.4, -0.2) is 12.6 Å². The maximum absolute atomic E-state index is 14.0. The Labute approximate surface area is 131 Å². The molecule has 1 aromatic heterocycles. The number of hydrogen-bond donors (Lipinski definition) is 0. The summed E-state index contributed by atoms with van der Waals surface area (Å²) >= 11 is 0. The largest absolute Gasteiger partial charge is 0.461 e. The first-order valence-electron chi connectivity index (χ1n) is 7.17. The summed E-state index contributed by atoms with van der Waals surface area (Å²) in [6, 6.07) is 15.9. The number of carbonyl (C=O) groups excluding carboxylic acids is 1. The van der Waals surface area contributed by atoms with Crippen LogP contribution in [0.5, 0.6) is 0 Å². The summed E-state index contributed by atoms with van der Waals surface area (Å²) < 4.78 is 37.6. The first kappa shape index (κ1) is 15.2. The van der Waals surface area contributed by atoms with E-state index in [1.807, 2.05) is 30.3 Å². The molecule has 23 heavy (non-hydrogen) atoms. The Hall–Kier alpha value is -2.69. The van der Waals surface area contributed by atoms with Crippen LogP contribution in [-0.2, 0) is 15.5 Å². The standard InChI is InChI=1S/C18H14F2O3/c1-2-22-17(21)18(19,20)16-11-14-10-13(8-9-15(14)23-16)12-6-4-3-5-7-12/h3-11H,2H2,1H3. The molecular formula is C18H14F2O3. The molecule has 0 saturated heterocycles. The summed E-state index contributed by atoms with van der Waals surface area (Å²) in [5, 5.41) is 0.505. The van der Waals surface area contributed by atoms with E-state index in [-0.39, 0.29) is 6.61 Å². The van der Waals surface area contributed by atoms with Crippen LogP contribution < -0.4 is 0 Å². The van der Waals surface area contributed by atoms with E-state index < -0.39 is 17.7 Å². The van der Waals surface area contributed by atoms with Gasteiger partial charge < -0.3 is 9.15 Å².